The van der Waals surface area contributed by atoms with Crippen LogP contribution in [0.15, 0.2) is 170 Å². The van der Waals surface area contributed by atoms with Gasteiger partial charge in [0, 0.05) is 49.3 Å². The van der Waals surface area contributed by atoms with Crippen LogP contribution in [0.3, 0.4) is 0 Å². The Kier molecular flexibility index (Phi) is 5.20. The number of para-hydroxylation sites is 2. The summed E-state index contributed by atoms with van der Waals surface area (Å²) in [5, 5.41) is 10.0. The number of hydrogen-bond donors (Lipinski definition) is 0. The molecule has 4 heteroatoms. The first-order valence-corrected chi connectivity index (χ1v) is 17.5. The minimum Gasteiger partial charge on any atom is -0.309 e. The van der Waals surface area contributed by atoms with E-state index in [4.69, 9.17) is 4.98 Å². The van der Waals surface area contributed by atoms with Crippen LogP contribution in [-0.4, -0.2) is 18.5 Å². The van der Waals surface area contributed by atoms with E-state index < -0.39 is 0 Å². The molecular weight excluding hydrogens is 621 g/mol. The molecule has 0 aliphatic rings. The SMILES string of the molecule is c1ccc(-c2nc3cccc4c5cc(-n6c7ccccc7c7c6ccc6c8c9ccccc9ccc8n(-c8ccccc8)c67)ccc5c2n34)cc1. The van der Waals surface area contributed by atoms with E-state index in [0.29, 0.717) is 0 Å². The highest BCUT2D eigenvalue weighted by Gasteiger charge is 2.23. The van der Waals surface area contributed by atoms with E-state index in [9.17, 15) is 0 Å². The maximum Gasteiger partial charge on any atom is 0.138 e. The first-order valence-electron chi connectivity index (χ1n) is 17.5. The lowest BCUT2D eigenvalue weighted by Gasteiger charge is -2.10. The molecule has 12 rings (SSSR count). The number of pyridine rings is 1. The molecule has 0 aliphatic heterocycles. The topological polar surface area (TPSA) is 27.2 Å². The fourth-order valence-corrected chi connectivity index (χ4v) is 8.89. The normalized spacial score (nSPS) is 12.3. The Morgan fingerprint density at radius 3 is 1.96 bits per heavy atom. The van der Waals surface area contributed by atoms with Gasteiger partial charge in [0.2, 0.25) is 0 Å². The van der Waals surface area contributed by atoms with E-state index in [0.717, 1.165) is 33.8 Å². The summed E-state index contributed by atoms with van der Waals surface area (Å²) in [6.45, 7) is 0. The Bertz CT molecular complexity index is 3340. The van der Waals surface area contributed by atoms with Crippen LogP contribution >= 0.6 is 0 Å². The maximum absolute atomic E-state index is 5.10. The van der Waals surface area contributed by atoms with E-state index in [1.807, 2.05) is 0 Å². The van der Waals surface area contributed by atoms with Gasteiger partial charge in [-0.2, -0.15) is 0 Å². The molecule has 0 radical (unpaired) electrons. The zero-order valence-corrected chi connectivity index (χ0v) is 27.5. The van der Waals surface area contributed by atoms with Crippen molar-refractivity contribution < 1.29 is 0 Å². The zero-order valence-electron chi connectivity index (χ0n) is 27.5. The Hall–Kier alpha value is -6.91. The lowest BCUT2D eigenvalue weighted by molar-refractivity contribution is 1.18. The number of rotatable bonds is 3. The third-order valence-electron chi connectivity index (χ3n) is 10.9. The molecule has 0 aliphatic carbocycles. The number of benzene rings is 7. The van der Waals surface area contributed by atoms with E-state index in [-0.39, 0.29) is 0 Å². The van der Waals surface area contributed by atoms with Gasteiger partial charge in [-0.1, -0.05) is 115 Å². The summed E-state index contributed by atoms with van der Waals surface area (Å²) in [5.74, 6) is 0. The number of imidazole rings is 1. The summed E-state index contributed by atoms with van der Waals surface area (Å²) < 4.78 is 7.26. The second kappa shape index (κ2) is 9.84. The van der Waals surface area contributed by atoms with Crippen LogP contribution in [0, 0.1) is 0 Å². The van der Waals surface area contributed by atoms with Crippen LogP contribution in [0.1, 0.15) is 0 Å². The van der Waals surface area contributed by atoms with Crippen molar-refractivity contribution in [3.8, 4) is 22.6 Å². The number of hydrogen-bond acceptors (Lipinski definition) is 1. The van der Waals surface area contributed by atoms with Gasteiger partial charge in [0.15, 0.2) is 0 Å². The Morgan fingerprint density at radius 2 is 1.08 bits per heavy atom. The molecule has 4 nitrogen and oxygen atoms in total. The highest BCUT2D eigenvalue weighted by Crippen LogP contribution is 2.45. The summed E-state index contributed by atoms with van der Waals surface area (Å²) in [4.78, 5) is 5.10. The molecule has 0 amide bonds. The van der Waals surface area contributed by atoms with Crippen molar-refractivity contribution in [2.24, 2.45) is 0 Å². The molecule has 0 N–H and O–H groups in total. The van der Waals surface area contributed by atoms with Crippen molar-refractivity contribution >= 4 is 81.8 Å². The standard InChI is InChI=1S/C47H28N4/c1-3-13-30(14-4-1)45-47-34-24-23-32(28-37(34)39-20-11-21-42(48-45)51(39)47)49-38-19-10-9-18-35(38)44-41(49)27-25-36-43-33-17-8-7-12-29(33)22-26-40(43)50(46(36)44)31-15-5-2-6-16-31/h1-28H. The molecular formula is C47H28N4. The van der Waals surface area contributed by atoms with Gasteiger partial charge in [-0.05, 0) is 65.4 Å². The molecule has 5 aromatic heterocycles. The third kappa shape index (κ3) is 3.50. The fraction of sp³-hybridized carbons (Fsp3) is 0. The smallest absolute Gasteiger partial charge is 0.138 e. The largest absolute Gasteiger partial charge is 0.309 e. The molecule has 0 fully saturated rings. The molecule has 12 aromatic rings. The minimum absolute atomic E-state index is 0.972. The Labute approximate surface area is 292 Å². The molecule has 0 atom stereocenters. The van der Waals surface area contributed by atoms with Gasteiger partial charge in [-0.25, -0.2) is 4.98 Å². The molecule has 5 heterocycles. The first kappa shape index (κ1) is 27.0. The average Bonchev–Trinajstić information content (AvgIpc) is 3.94. The Morgan fingerprint density at radius 1 is 0.373 bits per heavy atom. The molecule has 0 saturated heterocycles. The zero-order chi connectivity index (χ0) is 33.2. The van der Waals surface area contributed by atoms with Gasteiger partial charge in [0.25, 0.3) is 0 Å². The predicted molar refractivity (Wildman–Crippen MR) is 213 cm³/mol. The van der Waals surface area contributed by atoms with E-state index in [1.54, 1.807) is 0 Å². The van der Waals surface area contributed by atoms with Crippen LogP contribution in [0.25, 0.3) is 104 Å². The minimum atomic E-state index is 0.972. The summed E-state index contributed by atoms with van der Waals surface area (Å²) in [6, 6.07) is 61.7. The van der Waals surface area contributed by atoms with Crippen LogP contribution < -0.4 is 0 Å². The van der Waals surface area contributed by atoms with Gasteiger partial charge >= 0.3 is 0 Å². The van der Waals surface area contributed by atoms with Crippen molar-refractivity contribution in [3.05, 3.63) is 170 Å². The lowest BCUT2D eigenvalue weighted by Crippen LogP contribution is -1.95. The van der Waals surface area contributed by atoms with E-state index >= 15 is 0 Å². The summed E-state index contributed by atoms with van der Waals surface area (Å²) in [5.41, 5.74) is 12.6. The fourth-order valence-electron chi connectivity index (χ4n) is 8.89. The second-order valence-electron chi connectivity index (χ2n) is 13.6. The van der Waals surface area contributed by atoms with Crippen LogP contribution in [-0.2, 0) is 0 Å². The van der Waals surface area contributed by atoms with Gasteiger partial charge in [-0.15, -0.1) is 0 Å². The number of fused-ring (bicyclic) bond motifs is 12. The molecule has 0 spiro atoms. The molecule has 0 saturated carbocycles. The van der Waals surface area contributed by atoms with Crippen molar-refractivity contribution in [1.82, 2.24) is 18.5 Å². The van der Waals surface area contributed by atoms with E-state index in [2.05, 4.69) is 183 Å². The van der Waals surface area contributed by atoms with E-state index in [1.165, 1.54) is 70.7 Å². The van der Waals surface area contributed by atoms with Crippen molar-refractivity contribution in [1.29, 1.82) is 0 Å². The van der Waals surface area contributed by atoms with Gasteiger partial charge in [0.1, 0.15) is 5.65 Å². The summed E-state index contributed by atoms with van der Waals surface area (Å²) in [6.07, 6.45) is 0. The summed E-state index contributed by atoms with van der Waals surface area (Å²) >= 11 is 0. The third-order valence-corrected chi connectivity index (χ3v) is 10.9. The highest BCUT2D eigenvalue weighted by molar-refractivity contribution is 6.30. The van der Waals surface area contributed by atoms with Gasteiger partial charge < -0.3 is 9.13 Å². The molecule has 0 unspecified atom stereocenters. The van der Waals surface area contributed by atoms with Gasteiger partial charge in [-0.3, -0.25) is 4.40 Å². The number of aromatic nitrogens is 4. The van der Waals surface area contributed by atoms with Crippen LogP contribution in [0.5, 0.6) is 0 Å². The van der Waals surface area contributed by atoms with Crippen LogP contribution in [0.2, 0.25) is 0 Å². The molecule has 236 valence electrons. The highest BCUT2D eigenvalue weighted by atomic mass is 15.0. The Balaban J connectivity index is 1.21. The maximum atomic E-state index is 5.10. The average molecular weight is 649 g/mol. The lowest BCUT2D eigenvalue weighted by atomic mass is 10.0. The monoisotopic (exact) mass is 648 g/mol. The van der Waals surface area contributed by atoms with Crippen molar-refractivity contribution in [2.75, 3.05) is 0 Å². The quantitative estimate of drug-likeness (QED) is 0.187. The first-order chi connectivity index (χ1) is 25.3. The summed E-state index contributed by atoms with van der Waals surface area (Å²) in [7, 11) is 0. The number of nitrogens with zero attached hydrogens (tertiary/aromatic N) is 4. The van der Waals surface area contributed by atoms with Gasteiger partial charge in [0.05, 0.1) is 38.8 Å². The molecule has 7 aromatic carbocycles. The molecule has 0 bridgehead atoms. The van der Waals surface area contributed by atoms with Crippen molar-refractivity contribution in [3.63, 3.8) is 0 Å². The predicted octanol–water partition coefficient (Wildman–Crippen LogP) is 12.1. The van der Waals surface area contributed by atoms with Crippen LogP contribution in [0.4, 0.5) is 0 Å². The second-order valence-corrected chi connectivity index (χ2v) is 13.6. The molecule has 51 heavy (non-hydrogen) atoms. The van der Waals surface area contributed by atoms with Crippen molar-refractivity contribution in [2.45, 2.75) is 0 Å².